The molecule has 0 saturated heterocycles. The second-order valence-corrected chi connectivity index (χ2v) is 28.0. The zero-order valence-corrected chi connectivity index (χ0v) is 58.2. The van der Waals surface area contributed by atoms with Gasteiger partial charge in [-0.25, -0.2) is 66.0 Å². The second-order valence-electron chi connectivity index (χ2n) is 27.0. The van der Waals surface area contributed by atoms with E-state index in [9.17, 15) is 0 Å². The Morgan fingerprint density at radius 1 is 0.343 bits per heavy atom. The lowest BCUT2D eigenvalue weighted by molar-refractivity contribution is -0.652. The Hall–Kier alpha value is -13.8. The monoisotopic (exact) mass is 1450 g/mol. The molecule has 25 heteroatoms. The molecule has 20 aromatic heterocycles. The number of nitrogens with zero attached hydrogens (tertiary/aromatic N) is 23. The number of fused-ring (bicyclic) bond motifs is 35. The summed E-state index contributed by atoms with van der Waals surface area (Å²) in [4.78, 5) is 45.2. The highest BCUT2D eigenvalue weighted by Gasteiger charge is 2.41. The van der Waals surface area contributed by atoms with Crippen LogP contribution in [0, 0.1) is 0 Å². The van der Waals surface area contributed by atoms with E-state index in [4.69, 9.17) is 25.0 Å². The average Bonchev–Trinajstić information content (AvgIpc) is 1.53. The van der Waals surface area contributed by atoms with E-state index in [0.29, 0.717) is 99.4 Å². The van der Waals surface area contributed by atoms with Crippen molar-refractivity contribution in [2.45, 2.75) is 32.7 Å². The molecule has 24 nitrogen and oxygen atoms in total. The van der Waals surface area contributed by atoms with Crippen molar-refractivity contribution < 1.29 is 47.8 Å². The molecule has 1 aromatic carbocycles. The van der Waals surface area contributed by atoms with Crippen molar-refractivity contribution in [3.63, 3.8) is 0 Å². The summed E-state index contributed by atoms with van der Waals surface area (Å²) in [5.74, 6) is 3.75. The number of hydrogen-bond donors (Lipinski definition) is 0. The third kappa shape index (κ3) is 8.51. The summed E-state index contributed by atoms with van der Waals surface area (Å²) in [6.45, 7) is -8.97. The third-order valence-electron chi connectivity index (χ3n) is 21.4. The van der Waals surface area contributed by atoms with Crippen molar-refractivity contribution in [3.05, 3.63) is 242 Å². The summed E-state index contributed by atoms with van der Waals surface area (Å²) >= 11 is 1.77. The maximum Gasteiger partial charge on any atom is 0.341 e. The Morgan fingerprint density at radius 3 is 1.27 bits per heavy atom. The normalized spacial score (nSPS) is 15.6. The first-order valence-electron chi connectivity index (χ1n) is 42.2. The largest absolute Gasteiger partial charge is 0.400 e. The predicted octanol–water partition coefficient (Wildman–Crippen LogP) is 11.3. The molecule has 0 saturated carbocycles. The van der Waals surface area contributed by atoms with Gasteiger partial charge in [0.05, 0.1) is 144 Å². The van der Waals surface area contributed by atoms with Gasteiger partial charge >= 0.3 is 5.71 Å². The van der Waals surface area contributed by atoms with Crippen molar-refractivity contribution in [2.24, 2.45) is 49.0 Å². The highest BCUT2D eigenvalue weighted by molar-refractivity contribution is 7.24. The smallest absolute Gasteiger partial charge is 0.341 e. The standard InChI is InChI=1S/C21H16N5.2C16H14N5.C15H11N4O.C15H11N4S/c1-24-18-17-8-5-10-23-19(17)26(15-6-3-2-4-7-15)21(18)25-13-14-12-22-11-9-16(14)20(24)25;2*1-19-13-12-4-3-6-18-14(12)20(2)16(13)21-9-10-8-17-7-5-11(10)15(19)21;2*1-18-12-11-3-2-5-17-13(11)20-15(12)19-8-9-7-16-6-4-10(9)14(18)19/h2-12H,13H2,1H3;2*3-8H,9H2,1-2H3;2*2-7H,8H2,1H3/q5*+1/i1D3;1D3,2D3;2*1D3;. The third-order valence-corrected chi connectivity index (χ3v) is 22.5. The molecule has 5 aliphatic rings. The number of aromatic nitrogens is 23. The van der Waals surface area contributed by atoms with Gasteiger partial charge in [-0.05, 0) is 103 Å². The summed E-state index contributed by atoms with van der Waals surface area (Å²) in [6.07, 6.45) is 26.1. The summed E-state index contributed by atoms with van der Waals surface area (Å²) in [6, 6.07) is 38.1. The first kappa shape index (κ1) is 48.3. The highest BCUT2D eigenvalue weighted by Crippen LogP contribution is 2.42. The Morgan fingerprint density at radius 2 is 0.741 bits per heavy atom. The topological polar surface area (TPSA) is 201 Å². The molecule has 0 fully saturated rings. The van der Waals surface area contributed by atoms with E-state index in [1.165, 1.54) is 57.1 Å². The molecular weight excluding hydrogens is 1370 g/mol. The molecule has 0 N–H and O–H groups in total. The minimum absolute atomic E-state index is 0.241. The summed E-state index contributed by atoms with van der Waals surface area (Å²) in [5, 5.41) is 4.12. The maximum atomic E-state index is 8.31. The molecule has 520 valence electrons. The Kier molecular flexibility index (Phi) is 10.3. The Balaban J connectivity index is 0.0000000921. The molecule has 25 heterocycles. The molecule has 0 radical (unpaired) electrons. The minimum atomic E-state index is -2.51. The molecule has 0 unspecified atom stereocenters. The van der Waals surface area contributed by atoms with Crippen LogP contribution in [0.4, 0.5) is 0 Å². The lowest BCUT2D eigenvalue weighted by Crippen LogP contribution is -2.33. The molecule has 5 aliphatic heterocycles. The lowest BCUT2D eigenvalue weighted by atomic mass is 10.2. The van der Waals surface area contributed by atoms with Crippen LogP contribution in [0.2, 0.25) is 0 Å². The summed E-state index contributed by atoms with van der Waals surface area (Å²) < 4.78 is 151. The predicted molar refractivity (Wildman–Crippen MR) is 411 cm³/mol. The van der Waals surface area contributed by atoms with Crippen LogP contribution in [0.5, 0.6) is 0 Å². The van der Waals surface area contributed by atoms with Gasteiger partial charge in [0.15, 0.2) is 22.1 Å². The van der Waals surface area contributed by atoms with Crippen LogP contribution in [-0.4, -0.2) is 86.4 Å². The van der Waals surface area contributed by atoms with E-state index in [2.05, 4.69) is 91.9 Å². The zero-order chi connectivity index (χ0) is 84.6. The van der Waals surface area contributed by atoms with Gasteiger partial charge in [-0.15, -0.1) is 0 Å². The van der Waals surface area contributed by atoms with Crippen molar-refractivity contribution in [2.75, 3.05) is 0 Å². The van der Waals surface area contributed by atoms with E-state index in [-0.39, 0.29) is 5.65 Å². The SMILES string of the molecule is Cn1c2[n+](c3sc4ncccc4c31)Cc1cnccc1-2.[2H]C([2H])([2H])n1c2[n+](c3c1c1cccnc1n3-c1ccccc1)Cc1cnccc1-2.[2H]C([2H])([2H])n1c2[n+](c3c1c1cccnc1n3C([2H])([2H])[2H])Cc1cnccc1-2.[2H]C([2H])([2H])n1c2[n+](c3c1c1cccnc1n3C)Cc1cnccc1-2.[2H]C([2H])([2H])n1c2[n+](c3oc4ncccc4c31)Cc1cnccc1-2. The van der Waals surface area contributed by atoms with Crippen molar-refractivity contribution in [1.82, 2.24) is 86.4 Å². The number of pyridine rings is 10. The number of hydrogen-bond acceptors (Lipinski definition) is 12. The summed E-state index contributed by atoms with van der Waals surface area (Å²) in [5.41, 5.74) is 19.2. The van der Waals surface area contributed by atoms with Crippen LogP contribution in [-0.2, 0) is 81.7 Å². The van der Waals surface area contributed by atoms with Gasteiger partial charge in [0.25, 0.3) is 28.6 Å². The number of aryl methyl sites for hydroxylation is 7. The average molecular weight is 1450 g/mol. The van der Waals surface area contributed by atoms with Crippen LogP contribution < -0.4 is 22.8 Å². The van der Waals surface area contributed by atoms with Crippen LogP contribution in [0.1, 0.15) is 48.4 Å². The molecule has 108 heavy (non-hydrogen) atoms. The van der Waals surface area contributed by atoms with Gasteiger partial charge < -0.3 is 4.42 Å². The van der Waals surface area contributed by atoms with Crippen molar-refractivity contribution in [3.8, 4) is 62.6 Å². The molecular formula is C83H66N23OS+5. The molecule has 21 aromatic rings. The molecule has 0 amide bonds. The molecule has 0 spiro atoms. The van der Waals surface area contributed by atoms with Crippen LogP contribution >= 0.6 is 11.3 Å². The Labute approximate surface area is 638 Å². The van der Waals surface area contributed by atoms with E-state index in [0.717, 1.165) is 99.5 Å². The van der Waals surface area contributed by atoms with Crippen LogP contribution in [0.3, 0.4) is 0 Å². The first-order valence-corrected chi connectivity index (χ1v) is 35.5. The van der Waals surface area contributed by atoms with E-state index in [1.807, 2.05) is 126 Å². The lowest BCUT2D eigenvalue weighted by Gasteiger charge is -2.02. The number of thiophene rings is 1. The fourth-order valence-electron chi connectivity index (χ4n) is 16.9. The number of benzene rings is 1. The van der Waals surface area contributed by atoms with Crippen LogP contribution in [0.15, 0.2) is 219 Å². The molecule has 0 bridgehead atoms. The Bertz CT molecular complexity index is 8050. The molecule has 0 aliphatic carbocycles. The molecule has 26 rings (SSSR count). The van der Waals surface area contributed by atoms with E-state index < -0.39 is 34.9 Å². The zero-order valence-electron chi connectivity index (χ0n) is 72.3. The summed E-state index contributed by atoms with van der Waals surface area (Å²) in [7, 11) is 4.07. The number of furan rings is 1. The fourth-order valence-corrected chi connectivity index (χ4v) is 18.1. The second kappa shape index (κ2) is 23.1. The first-order chi connectivity index (χ1) is 59.1. The van der Waals surface area contributed by atoms with E-state index >= 15 is 0 Å². The number of imidazole rings is 5. The van der Waals surface area contributed by atoms with Gasteiger partial charge in [0, 0.05) is 121 Å². The van der Waals surface area contributed by atoms with Gasteiger partial charge in [-0.3, -0.25) is 38.6 Å². The van der Waals surface area contributed by atoms with E-state index in [1.54, 1.807) is 102 Å². The number of rotatable bonds is 1. The van der Waals surface area contributed by atoms with Gasteiger partial charge in [0.2, 0.25) is 50.5 Å². The van der Waals surface area contributed by atoms with Crippen LogP contribution in [0.25, 0.3) is 172 Å². The number of para-hydroxylation sites is 1. The minimum Gasteiger partial charge on any atom is -0.400 e. The van der Waals surface area contributed by atoms with Gasteiger partial charge in [-0.1, -0.05) is 29.5 Å². The van der Waals surface area contributed by atoms with Crippen molar-refractivity contribution in [1.29, 1.82) is 0 Å². The maximum absolute atomic E-state index is 8.31. The fraction of sp³-hybridized carbons (Fsp3) is 0.145. The van der Waals surface area contributed by atoms with Gasteiger partial charge in [0.1, 0.15) is 23.6 Å². The quantitative estimate of drug-likeness (QED) is 0.142. The van der Waals surface area contributed by atoms with Gasteiger partial charge in [-0.2, -0.15) is 4.57 Å². The highest BCUT2D eigenvalue weighted by atomic mass is 32.1. The van der Waals surface area contributed by atoms with Crippen molar-refractivity contribution >= 4 is 121 Å². The molecule has 0 atom stereocenters.